The summed E-state index contributed by atoms with van der Waals surface area (Å²) in [6.45, 7) is 0. The third-order valence-electron chi connectivity index (χ3n) is 1.86. The highest BCUT2D eigenvalue weighted by molar-refractivity contribution is 8.00. The van der Waals surface area contributed by atoms with E-state index in [2.05, 4.69) is 4.74 Å². The van der Waals surface area contributed by atoms with E-state index >= 15 is 0 Å². The van der Waals surface area contributed by atoms with E-state index in [1.54, 1.807) is 0 Å². The zero-order chi connectivity index (χ0) is 13.9. The van der Waals surface area contributed by atoms with Gasteiger partial charge in [-0.3, -0.25) is 0 Å². The van der Waals surface area contributed by atoms with Gasteiger partial charge < -0.3 is 9.84 Å². The number of phenolic OH excluding ortho intramolecular Hbond substituents is 1. The van der Waals surface area contributed by atoms with Crippen molar-refractivity contribution in [3.05, 3.63) is 23.3 Å². The first-order chi connectivity index (χ1) is 8.30. The van der Waals surface area contributed by atoms with Gasteiger partial charge in [0.2, 0.25) is 0 Å². The minimum absolute atomic E-state index is 0.365. The fraction of sp³-hybridized carbons (Fsp3) is 0.200. The summed E-state index contributed by atoms with van der Waals surface area (Å²) in [5.41, 5.74) is -5.73. The number of ether oxygens (including phenoxy) is 1. The van der Waals surface area contributed by atoms with Crippen LogP contribution in [0.5, 0.6) is 5.75 Å². The van der Waals surface area contributed by atoms with Gasteiger partial charge in [0.15, 0.2) is 0 Å². The van der Waals surface area contributed by atoms with Crippen LogP contribution in [0.3, 0.4) is 0 Å². The minimum Gasteiger partial charge on any atom is -0.507 e. The van der Waals surface area contributed by atoms with E-state index in [4.69, 9.17) is 5.26 Å². The quantitative estimate of drug-likeness (QED) is 0.664. The number of methoxy groups -OCH3 is 1. The van der Waals surface area contributed by atoms with E-state index in [0.717, 1.165) is 19.2 Å². The number of halogens is 3. The number of thioether (sulfide) groups is 1. The van der Waals surface area contributed by atoms with Crippen LogP contribution >= 0.6 is 11.8 Å². The SMILES string of the molecule is COC(=O)c1c(O)ccc(C#N)c1SC(F)(F)F. The Morgan fingerprint density at radius 1 is 1.50 bits per heavy atom. The Labute approximate surface area is 104 Å². The molecule has 0 saturated carbocycles. The molecule has 1 rings (SSSR count). The highest BCUT2D eigenvalue weighted by Crippen LogP contribution is 2.42. The maximum Gasteiger partial charge on any atom is 0.446 e. The van der Waals surface area contributed by atoms with Gasteiger partial charge in [0.05, 0.1) is 17.6 Å². The number of nitrogens with zero attached hydrogens (tertiary/aromatic N) is 1. The second-order valence-corrected chi connectivity index (χ2v) is 4.06. The molecular formula is C10H6F3NO3S. The Bertz CT molecular complexity index is 522. The van der Waals surface area contributed by atoms with E-state index in [0.29, 0.717) is 0 Å². The second-order valence-electron chi connectivity index (χ2n) is 2.99. The third-order valence-corrected chi connectivity index (χ3v) is 2.72. The number of phenols is 1. The van der Waals surface area contributed by atoms with Crippen LogP contribution in [0.15, 0.2) is 17.0 Å². The molecule has 0 atom stereocenters. The maximum absolute atomic E-state index is 12.4. The summed E-state index contributed by atoms with van der Waals surface area (Å²) in [6.07, 6.45) is 0. The van der Waals surface area contributed by atoms with E-state index in [1.165, 1.54) is 6.07 Å². The van der Waals surface area contributed by atoms with Crippen LogP contribution in [-0.2, 0) is 4.74 Å². The van der Waals surface area contributed by atoms with Crippen LogP contribution in [0, 0.1) is 11.3 Å². The Hall–Kier alpha value is -1.88. The summed E-state index contributed by atoms with van der Waals surface area (Å²) < 4.78 is 41.4. The Kier molecular flexibility index (Phi) is 4.08. The fourth-order valence-electron chi connectivity index (χ4n) is 1.18. The molecule has 0 unspecified atom stereocenters. The number of rotatable bonds is 2. The zero-order valence-electron chi connectivity index (χ0n) is 8.91. The van der Waals surface area contributed by atoms with Crippen LogP contribution in [0.25, 0.3) is 0 Å². The normalized spacial score (nSPS) is 10.8. The lowest BCUT2D eigenvalue weighted by Gasteiger charge is -2.12. The third kappa shape index (κ3) is 3.07. The second kappa shape index (κ2) is 5.18. The average molecular weight is 277 g/mol. The van der Waals surface area contributed by atoms with Crippen molar-refractivity contribution in [3.63, 3.8) is 0 Å². The molecule has 0 aliphatic carbocycles. The summed E-state index contributed by atoms with van der Waals surface area (Å²) in [7, 11) is 0.961. The Morgan fingerprint density at radius 3 is 2.56 bits per heavy atom. The monoisotopic (exact) mass is 277 g/mol. The Morgan fingerprint density at radius 2 is 2.11 bits per heavy atom. The first-order valence-corrected chi connectivity index (χ1v) is 5.22. The van der Waals surface area contributed by atoms with Gasteiger partial charge in [-0.2, -0.15) is 18.4 Å². The van der Waals surface area contributed by atoms with E-state index < -0.39 is 39.4 Å². The average Bonchev–Trinajstić information content (AvgIpc) is 2.27. The number of carbonyl (C=O) groups excluding carboxylic acids is 1. The maximum atomic E-state index is 12.4. The lowest BCUT2D eigenvalue weighted by molar-refractivity contribution is -0.0328. The molecule has 0 radical (unpaired) electrons. The van der Waals surface area contributed by atoms with Gasteiger partial charge in [-0.1, -0.05) is 0 Å². The minimum atomic E-state index is -4.69. The molecule has 0 saturated heterocycles. The number of benzene rings is 1. The van der Waals surface area contributed by atoms with Gasteiger partial charge in [0, 0.05) is 0 Å². The molecule has 0 aliphatic rings. The smallest absolute Gasteiger partial charge is 0.446 e. The van der Waals surface area contributed by atoms with Crippen molar-refractivity contribution in [2.75, 3.05) is 7.11 Å². The molecule has 1 aromatic carbocycles. The van der Waals surface area contributed by atoms with Crippen LogP contribution < -0.4 is 0 Å². The van der Waals surface area contributed by atoms with E-state index in [-0.39, 0.29) is 5.56 Å². The van der Waals surface area contributed by atoms with Crippen LogP contribution in [0.2, 0.25) is 0 Å². The molecule has 8 heteroatoms. The number of hydrogen-bond acceptors (Lipinski definition) is 5. The molecule has 0 heterocycles. The summed E-state index contributed by atoms with van der Waals surface area (Å²) in [6, 6.07) is 3.48. The number of hydrogen-bond donors (Lipinski definition) is 1. The molecular weight excluding hydrogens is 271 g/mol. The van der Waals surface area contributed by atoms with Gasteiger partial charge >= 0.3 is 11.5 Å². The largest absolute Gasteiger partial charge is 0.507 e. The molecule has 0 bridgehead atoms. The van der Waals surface area contributed by atoms with Crippen LogP contribution in [0.4, 0.5) is 13.2 Å². The number of aromatic hydroxyl groups is 1. The molecule has 0 amide bonds. The van der Waals surface area contributed by atoms with Crippen molar-refractivity contribution in [2.45, 2.75) is 10.4 Å². The van der Waals surface area contributed by atoms with E-state index in [9.17, 15) is 23.1 Å². The summed E-state index contributed by atoms with van der Waals surface area (Å²) in [4.78, 5) is 10.7. The van der Waals surface area contributed by atoms with Crippen molar-refractivity contribution >= 4 is 17.7 Å². The van der Waals surface area contributed by atoms with Gasteiger partial charge in [0.1, 0.15) is 17.4 Å². The lowest BCUT2D eigenvalue weighted by Crippen LogP contribution is -2.08. The number of nitriles is 1. The highest BCUT2D eigenvalue weighted by atomic mass is 32.2. The summed E-state index contributed by atoms with van der Waals surface area (Å²) >= 11 is -0.647. The summed E-state index contributed by atoms with van der Waals surface area (Å²) in [5, 5.41) is 18.1. The highest BCUT2D eigenvalue weighted by Gasteiger charge is 2.34. The summed E-state index contributed by atoms with van der Waals surface area (Å²) in [5.74, 6) is -1.82. The fourth-order valence-corrected chi connectivity index (χ4v) is 1.93. The first kappa shape index (κ1) is 14.2. The standard InChI is InChI=1S/C10H6F3NO3S/c1-17-9(16)7-6(15)3-2-5(4-14)8(7)18-10(11,12)13/h2-3,15H,1H3. The number of alkyl halides is 3. The zero-order valence-corrected chi connectivity index (χ0v) is 9.72. The molecule has 0 spiro atoms. The van der Waals surface area contributed by atoms with Crippen LogP contribution in [0.1, 0.15) is 15.9 Å². The van der Waals surface area contributed by atoms with Gasteiger partial charge in [-0.05, 0) is 23.9 Å². The van der Waals surface area contributed by atoms with Gasteiger partial charge in [-0.15, -0.1) is 0 Å². The predicted octanol–water partition coefficient (Wildman–Crippen LogP) is 2.66. The lowest BCUT2D eigenvalue weighted by atomic mass is 10.1. The molecule has 4 nitrogen and oxygen atoms in total. The van der Waals surface area contributed by atoms with E-state index in [1.807, 2.05) is 0 Å². The molecule has 0 aliphatic heterocycles. The Balaban J connectivity index is 3.47. The van der Waals surface area contributed by atoms with Crippen molar-refractivity contribution in [1.82, 2.24) is 0 Å². The van der Waals surface area contributed by atoms with Gasteiger partial charge in [0.25, 0.3) is 0 Å². The van der Waals surface area contributed by atoms with Crippen molar-refractivity contribution < 1.29 is 27.8 Å². The molecule has 0 fully saturated rings. The van der Waals surface area contributed by atoms with Crippen molar-refractivity contribution in [1.29, 1.82) is 5.26 Å². The topological polar surface area (TPSA) is 70.3 Å². The van der Waals surface area contributed by atoms with Crippen LogP contribution in [-0.4, -0.2) is 23.7 Å². The number of carbonyl (C=O) groups is 1. The molecule has 96 valence electrons. The first-order valence-electron chi connectivity index (χ1n) is 4.40. The predicted molar refractivity (Wildman–Crippen MR) is 56.1 cm³/mol. The van der Waals surface area contributed by atoms with Crippen molar-refractivity contribution in [2.24, 2.45) is 0 Å². The van der Waals surface area contributed by atoms with Crippen molar-refractivity contribution in [3.8, 4) is 11.8 Å². The number of esters is 1. The molecule has 1 aromatic rings. The van der Waals surface area contributed by atoms with Gasteiger partial charge in [-0.25, -0.2) is 4.79 Å². The molecule has 0 aromatic heterocycles. The molecule has 18 heavy (non-hydrogen) atoms. The molecule has 1 N–H and O–H groups in total.